The van der Waals surface area contributed by atoms with Crippen LogP contribution in [0.5, 0.6) is 0 Å². The lowest BCUT2D eigenvalue weighted by atomic mass is 10.1. The molecule has 4 nitrogen and oxygen atoms in total. The van der Waals surface area contributed by atoms with Crippen LogP contribution >= 0.6 is 24.0 Å². The molecule has 0 spiro atoms. The van der Waals surface area contributed by atoms with Crippen LogP contribution in [0, 0.1) is 13.8 Å². The Hall–Kier alpha value is -0.880. The fourth-order valence-corrected chi connectivity index (χ4v) is 3.38. The maximum atomic E-state index is 5.81. The molecule has 0 aliphatic carbocycles. The van der Waals surface area contributed by atoms with Gasteiger partial charge in [0.05, 0.1) is 11.3 Å². The van der Waals surface area contributed by atoms with Gasteiger partial charge in [-0.2, -0.15) is 16.9 Å². The van der Waals surface area contributed by atoms with E-state index >= 15 is 0 Å². The Kier molecular flexibility index (Phi) is 4.40. The molecule has 0 amide bonds. The van der Waals surface area contributed by atoms with Gasteiger partial charge in [-0.25, -0.2) is 0 Å². The molecule has 1 aliphatic rings. The third kappa shape index (κ3) is 2.92. The highest BCUT2D eigenvalue weighted by Crippen LogP contribution is 2.23. The predicted molar refractivity (Wildman–Crippen MR) is 81.4 cm³/mol. The molecule has 0 bridgehead atoms. The number of nitrogens with zero attached hydrogens (tertiary/aromatic N) is 2. The van der Waals surface area contributed by atoms with Crippen molar-refractivity contribution in [2.45, 2.75) is 32.7 Å². The number of nitrogens with two attached hydrogens (primary N) is 1. The van der Waals surface area contributed by atoms with Gasteiger partial charge in [0, 0.05) is 11.8 Å². The van der Waals surface area contributed by atoms with Crippen molar-refractivity contribution >= 4 is 34.8 Å². The molecule has 0 radical (unpaired) electrons. The van der Waals surface area contributed by atoms with Crippen LogP contribution in [0.2, 0.25) is 0 Å². The Balaban J connectivity index is 2.26. The van der Waals surface area contributed by atoms with E-state index in [0.29, 0.717) is 11.0 Å². The van der Waals surface area contributed by atoms with Crippen LogP contribution in [0.4, 0.5) is 5.82 Å². The number of hydrogen-bond donors (Lipinski definition) is 2. The van der Waals surface area contributed by atoms with Crippen LogP contribution in [0.3, 0.4) is 0 Å². The SMILES string of the molecule is Cc1nnc(NC2CCCSC2)c(C(N)=S)c1C. The van der Waals surface area contributed by atoms with Crippen molar-refractivity contribution in [1.29, 1.82) is 0 Å². The van der Waals surface area contributed by atoms with Gasteiger partial charge in [-0.3, -0.25) is 0 Å². The monoisotopic (exact) mass is 282 g/mol. The smallest absolute Gasteiger partial charge is 0.159 e. The fourth-order valence-electron chi connectivity index (χ4n) is 2.06. The molecule has 18 heavy (non-hydrogen) atoms. The Morgan fingerprint density at radius 3 is 2.83 bits per heavy atom. The van der Waals surface area contributed by atoms with Crippen LogP contribution in [-0.2, 0) is 0 Å². The van der Waals surface area contributed by atoms with E-state index in [1.54, 1.807) is 0 Å². The minimum absolute atomic E-state index is 0.386. The lowest BCUT2D eigenvalue weighted by Gasteiger charge is -2.24. The molecule has 1 aliphatic heterocycles. The summed E-state index contributed by atoms with van der Waals surface area (Å²) in [5.74, 6) is 3.09. The first-order valence-electron chi connectivity index (χ1n) is 6.07. The molecule has 1 fully saturated rings. The lowest BCUT2D eigenvalue weighted by molar-refractivity contribution is 0.679. The zero-order chi connectivity index (χ0) is 13.1. The third-order valence-corrected chi connectivity index (χ3v) is 4.62. The molecule has 6 heteroatoms. The summed E-state index contributed by atoms with van der Waals surface area (Å²) >= 11 is 7.10. The average molecular weight is 282 g/mol. The minimum Gasteiger partial charge on any atom is -0.389 e. The van der Waals surface area contributed by atoms with Crippen LogP contribution in [0.1, 0.15) is 29.7 Å². The molecule has 1 aromatic heterocycles. The number of nitrogens with one attached hydrogen (secondary N) is 1. The maximum Gasteiger partial charge on any atom is 0.159 e. The number of rotatable bonds is 3. The van der Waals surface area contributed by atoms with E-state index < -0.39 is 0 Å². The molecular formula is C12H18N4S2. The van der Waals surface area contributed by atoms with Gasteiger partial charge in [-0.15, -0.1) is 5.10 Å². The Morgan fingerprint density at radius 1 is 1.44 bits per heavy atom. The standard InChI is InChI=1S/C12H18N4S2/c1-7-8(2)15-16-12(10(7)11(13)17)14-9-4-3-5-18-6-9/h9H,3-6H2,1-2H3,(H2,13,17)(H,14,16). The minimum atomic E-state index is 0.386. The number of aromatic nitrogens is 2. The van der Waals surface area contributed by atoms with E-state index in [2.05, 4.69) is 15.5 Å². The zero-order valence-corrected chi connectivity index (χ0v) is 12.3. The third-order valence-electron chi connectivity index (χ3n) is 3.20. The summed E-state index contributed by atoms with van der Waals surface area (Å²) in [5.41, 5.74) is 8.54. The van der Waals surface area contributed by atoms with Crippen molar-refractivity contribution < 1.29 is 0 Å². The van der Waals surface area contributed by atoms with Gasteiger partial charge in [0.15, 0.2) is 5.82 Å². The van der Waals surface area contributed by atoms with E-state index in [4.69, 9.17) is 18.0 Å². The first kappa shape index (κ1) is 13.5. The second kappa shape index (κ2) is 5.84. The summed E-state index contributed by atoms with van der Waals surface area (Å²) in [5, 5.41) is 11.8. The number of hydrogen-bond acceptors (Lipinski definition) is 5. The molecule has 1 unspecified atom stereocenters. The van der Waals surface area contributed by atoms with Crippen molar-refractivity contribution in [2.24, 2.45) is 5.73 Å². The van der Waals surface area contributed by atoms with E-state index in [-0.39, 0.29) is 0 Å². The van der Waals surface area contributed by atoms with Gasteiger partial charge in [-0.1, -0.05) is 12.2 Å². The molecule has 3 N–H and O–H groups in total. The largest absolute Gasteiger partial charge is 0.389 e. The van der Waals surface area contributed by atoms with Crippen molar-refractivity contribution in [1.82, 2.24) is 10.2 Å². The van der Waals surface area contributed by atoms with E-state index in [1.165, 1.54) is 18.6 Å². The van der Waals surface area contributed by atoms with Gasteiger partial charge in [0.25, 0.3) is 0 Å². The molecule has 0 saturated carbocycles. The average Bonchev–Trinajstić information content (AvgIpc) is 2.35. The van der Waals surface area contributed by atoms with Crippen LogP contribution in [0.15, 0.2) is 0 Å². The zero-order valence-electron chi connectivity index (χ0n) is 10.7. The number of thioether (sulfide) groups is 1. The lowest BCUT2D eigenvalue weighted by Crippen LogP contribution is -2.28. The van der Waals surface area contributed by atoms with E-state index in [9.17, 15) is 0 Å². The number of thiocarbonyl (C=S) groups is 1. The first-order chi connectivity index (χ1) is 8.59. The fraction of sp³-hybridized carbons (Fsp3) is 0.583. The Bertz CT molecular complexity index is 456. The summed E-state index contributed by atoms with van der Waals surface area (Å²) in [6, 6.07) is 0.438. The highest BCUT2D eigenvalue weighted by molar-refractivity contribution is 7.99. The maximum absolute atomic E-state index is 5.81. The van der Waals surface area contributed by atoms with Gasteiger partial charge in [0.1, 0.15) is 4.99 Å². The molecule has 1 saturated heterocycles. The summed E-state index contributed by atoms with van der Waals surface area (Å²) < 4.78 is 0. The van der Waals surface area contributed by atoms with Gasteiger partial charge >= 0.3 is 0 Å². The van der Waals surface area contributed by atoms with Crippen molar-refractivity contribution in [2.75, 3.05) is 16.8 Å². The number of anilines is 1. The quantitative estimate of drug-likeness (QED) is 0.827. The van der Waals surface area contributed by atoms with Crippen molar-refractivity contribution in [3.63, 3.8) is 0 Å². The second-order valence-electron chi connectivity index (χ2n) is 4.56. The predicted octanol–water partition coefficient (Wildman–Crippen LogP) is 2.04. The van der Waals surface area contributed by atoms with Crippen LogP contribution < -0.4 is 11.1 Å². The molecular weight excluding hydrogens is 264 g/mol. The van der Waals surface area contributed by atoms with E-state index in [1.807, 2.05) is 25.6 Å². The second-order valence-corrected chi connectivity index (χ2v) is 6.15. The molecule has 1 atom stereocenters. The summed E-state index contributed by atoms with van der Waals surface area (Å²) in [6.45, 7) is 3.91. The molecule has 1 aromatic rings. The highest BCUT2D eigenvalue weighted by atomic mass is 32.2. The Morgan fingerprint density at radius 2 is 2.22 bits per heavy atom. The summed E-state index contributed by atoms with van der Waals surface area (Å²) in [7, 11) is 0. The number of aryl methyl sites for hydroxylation is 1. The normalized spacial score (nSPS) is 19.6. The van der Waals surface area contributed by atoms with Gasteiger partial charge in [0.2, 0.25) is 0 Å². The van der Waals surface area contributed by atoms with Crippen LogP contribution in [0.25, 0.3) is 0 Å². The summed E-state index contributed by atoms with van der Waals surface area (Å²) in [6.07, 6.45) is 2.40. The molecule has 98 valence electrons. The summed E-state index contributed by atoms with van der Waals surface area (Å²) in [4.78, 5) is 0.386. The van der Waals surface area contributed by atoms with Crippen LogP contribution in [-0.4, -0.2) is 32.7 Å². The Labute approximate surface area is 117 Å². The first-order valence-corrected chi connectivity index (χ1v) is 7.64. The van der Waals surface area contributed by atoms with Gasteiger partial charge < -0.3 is 11.1 Å². The van der Waals surface area contributed by atoms with Crippen molar-refractivity contribution in [3.05, 3.63) is 16.8 Å². The van der Waals surface area contributed by atoms with Crippen molar-refractivity contribution in [3.8, 4) is 0 Å². The highest BCUT2D eigenvalue weighted by Gasteiger charge is 2.19. The van der Waals surface area contributed by atoms with Gasteiger partial charge in [-0.05, 0) is 38.0 Å². The molecule has 0 aromatic carbocycles. The van der Waals surface area contributed by atoms with E-state index in [0.717, 1.165) is 28.4 Å². The topological polar surface area (TPSA) is 63.8 Å². The molecule has 2 rings (SSSR count). The molecule has 2 heterocycles.